The van der Waals surface area contributed by atoms with Gasteiger partial charge in [0.05, 0.1) is 0 Å². The van der Waals surface area contributed by atoms with E-state index < -0.39 is 12.1 Å². The normalized spacial score (nSPS) is 15.6. The van der Waals surface area contributed by atoms with Gasteiger partial charge in [-0.3, -0.25) is 0 Å². The van der Waals surface area contributed by atoms with Crippen LogP contribution in [-0.4, -0.2) is 17.2 Å². The molecule has 0 amide bonds. The molecule has 0 radical (unpaired) electrons. The predicted octanol–water partition coefficient (Wildman–Crippen LogP) is -2.65. The molecule has 0 aliphatic carbocycles. The molecule has 1 heterocycles. The van der Waals surface area contributed by atoms with Gasteiger partial charge in [0.15, 0.2) is 0 Å². The molecule has 0 fully saturated rings. The Morgan fingerprint density at radius 2 is 1.89 bits per heavy atom. The summed E-state index contributed by atoms with van der Waals surface area (Å²) in [4.78, 5) is 9.89. The average molecular weight is 122 g/mol. The molecule has 6 nitrogen and oxygen atoms in total. The largest absolute Gasteiger partial charge is 1.00 e. The summed E-state index contributed by atoms with van der Waals surface area (Å²) < 4.78 is 0. The van der Waals surface area contributed by atoms with Gasteiger partial charge in [0.25, 0.3) is 6.17 Å². The number of aliphatic carboxylic acids is 1. The second kappa shape index (κ2) is 3.32. The second-order valence-corrected chi connectivity index (χ2v) is 1.12. The molecule has 0 saturated heterocycles. The van der Waals surface area contributed by atoms with Gasteiger partial charge in [0.1, 0.15) is 0 Å². The van der Waals surface area contributed by atoms with Gasteiger partial charge in [-0.25, -0.2) is 4.79 Å². The molecule has 0 aromatic rings. The maximum Gasteiger partial charge on any atom is 1.00 e. The van der Waals surface area contributed by atoms with Crippen LogP contribution in [0.15, 0.2) is 20.7 Å². The van der Waals surface area contributed by atoms with Crippen molar-refractivity contribution in [1.82, 2.24) is 0 Å². The summed E-state index contributed by atoms with van der Waals surface area (Å²) in [7, 11) is 0. The summed E-state index contributed by atoms with van der Waals surface area (Å²) in [5.74, 6) is -1.13. The number of nitrogens with zero attached hydrogens (tertiary/aromatic N) is 4. The third kappa shape index (κ3) is 1.91. The third-order valence-electron chi connectivity index (χ3n) is 0.583. The quantitative estimate of drug-likeness (QED) is 0.385. The van der Waals surface area contributed by atoms with Gasteiger partial charge in [0, 0.05) is 0 Å². The number of hydrogen-bond donors (Lipinski definition) is 1. The van der Waals surface area contributed by atoms with Gasteiger partial charge in [-0.15, -0.1) is 10.2 Å². The van der Waals surface area contributed by atoms with E-state index in [1.807, 2.05) is 0 Å². The zero-order valence-electron chi connectivity index (χ0n) is 5.72. The molecule has 0 atom stereocenters. The molecule has 0 aromatic carbocycles. The Morgan fingerprint density at radius 1 is 1.44 bits per heavy atom. The van der Waals surface area contributed by atoms with Crippen LogP contribution in [0.2, 0.25) is 0 Å². The van der Waals surface area contributed by atoms with E-state index in [0.29, 0.717) is 0 Å². The van der Waals surface area contributed by atoms with E-state index in [0.717, 1.165) is 0 Å². The molecule has 1 rings (SSSR count). The van der Waals surface area contributed by atoms with Crippen LogP contribution in [0, 0.1) is 0 Å². The van der Waals surface area contributed by atoms with Gasteiger partial charge in [-0.2, -0.15) is 0 Å². The van der Waals surface area contributed by atoms with E-state index in [1.165, 1.54) is 0 Å². The van der Waals surface area contributed by atoms with Crippen molar-refractivity contribution in [1.29, 1.82) is 0 Å². The smallest absolute Gasteiger partial charge is 1.00 e. The molecular weight excluding hydrogens is 119 g/mol. The van der Waals surface area contributed by atoms with Crippen LogP contribution < -0.4 is 18.9 Å². The van der Waals surface area contributed by atoms with Crippen LogP contribution in [0.25, 0.3) is 0 Å². The number of carboxylic acid groups (broad SMARTS) is 1. The maximum atomic E-state index is 9.89. The van der Waals surface area contributed by atoms with E-state index in [2.05, 4.69) is 20.7 Å². The van der Waals surface area contributed by atoms with Crippen LogP contribution in [0.1, 0.15) is 1.43 Å². The minimum atomic E-state index is -1.13. The van der Waals surface area contributed by atoms with Crippen molar-refractivity contribution in [3.63, 3.8) is 0 Å². The fourth-order valence-corrected chi connectivity index (χ4v) is 0.266. The Balaban J connectivity index is 0. The summed E-state index contributed by atoms with van der Waals surface area (Å²) in [6.45, 7) is 0. The van der Waals surface area contributed by atoms with Crippen LogP contribution in [0.5, 0.6) is 0 Å². The predicted molar refractivity (Wildman–Crippen MR) is 22.2 cm³/mol. The van der Waals surface area contributed by atoms with Crippen molar-refractivity contribution < 1.29 is 30.2 Å². The van der Waals surface area contributed by atoms with Crippen LogP contribution in [-0.2, 0) is 4.79 Å². The SMILES string of the molecule is O=C(O)C1N=NN=N1.[H-].[Li+]. The molecular formula is C2H3LiN4O2. The molecule has 1 aliphatic heterocycles. The zero-order chi connectivity index (χ0) is 5.98. The van der Waals surface area contributed by atoms with E-state index >= 15 is 0 Å². The van der Waals surface area contributed by atoms with Gasteiger partial charge >= 0.3 is 24.8 Å². The van der Waals surface area contributed by atoms with Crippen molar-refractivity contribution in [2.45, 2.75) is 6.17 Å². The molecule has 44 valence electrons. The first-order valence-corrected chi connectivity index (χ1v) is 1.83. The van der Waals surface area contributed by atoms with Crippen LogP contribution in [0.3, 0.4) is 0 Å². The first-order chi connectivity index (χ1) is 3.80. The zero-order valence-corrected chi connectivity index (χ0v) is 4.72. The van der Waals surface area contributed by atoms with Crippen molar-refractivity contribution in [2.75, 3.05) is 0 Å². The first-order valence-electron chi connectivity index (χ1n) is 1.83. The fraction of sp³-hybridized carbons (Fsp3) is 0.500. The maximum absolute atomic E-state index is 9.89. The van der Waals surface area contributed by atoms with Crippen molar-refractivity contribution in [2.24, 2.45) is 20.7 Å². The third-order valence-corrected chi connectivity index (χ3v) is 0.583. The second-order valence-electron chi connectivity index (χ2n) is 1.12. The Labute approximate surface area is 63.7 Å². The summed E-state index contributed by atoms with van der Waals surface area (Å²) in [6, 6.07) is 0. The molecule has 0 unspecified atom stereocenters. The monoisotopic (exact) mass is 122 g/mol. The Hall–Kier alpha value is -0.733. The van der Waals surface area contributed by atoms with E-state index in [4.69, 9.17) is 5.11 Å². The van der Waals surface area contributed by atoms with Crippen LogP contribution in [0.4, 0.5) is 0 Å². The molecule has 1 aliphatic rings. The van der Waals surface area contributed by atoms with Crippen molar-refractivity contribution in [3.05, 3.63) is 0 Å². The minimum Gasteiger partial charge on any atom is -1.00 e. The van der Waals surface area contributed by atoms with Gasteiger partial charge in [-0.1, -0.05) is 0 Å². The summed E-state index contributed by atoms with van der Waals surface area (Å²) in [6.07, 6.45) is -1.10. The fourth-order valence-electron chi connectivity index (χ4n) is 0.266. The standard InChI is InChI=1S/C2H2N4O2.Li.H/c7-2(8)1-3-5-6-4-1;;/h1H,(H,7,8);;/q;+1;-1. The van der Waals surface area contributed by atoms with Crippen LogP contribution >= 0.6 is 0 Å². The van der Waals surface area contributed by atoms with E-state index in [-0.39, 0.29) is 20.3 Å². The number of rotatable bonds is 1. The summed E-state index contributed by atoms with van der Waals surface area (Å²) in [5, 5.41) is 20.3. The van der Waals surface area contributed by atoms with Gasteiger partial charge < -0.3 is 6.53 Å². The first kappa shape index (κ1) is 8.27. The average Bonchev–Trinajstić information content (AvgIpc) is 2.12. The number of carboxylic acids is 1. The Morgan fingerprint density at radius 3 is 2.11 bits per heavy atom. The topological polar surface area (TPSA) is 86.7 Å². The minimum absolute atomic E-state index is 0. The van der Waals surface area contributed by atoms with E-state index in [1.54, 1.807) is 0 Å². The molecule has 0 spiro atoms. The van der Waals surface area contributed by atoms with Crippen molar-refractivity contribution >= 4 is 5.97 Å². The Bertz CT molecular complexity index is 159. The molecule has 9 heavy (non-hydrogen) atoms. The number of carbonyl (C=O) groups is 1. The van der Waals surface area contributed by atoms with Gasteiger partial charge in [0.2, 0.25) is 0 Å². The Kier molecular flexibility index (Phi) is 3.05. The molecule has 0 saturated carbocycles. The number of hydrogen-bond acceptors (Lipinski definition) is 5. The van der Waals surface area contributed by atoms with E-state index in [9.17, 15) is 4.79 Å². The molecule has 1 N–H and O–H groups in total. The molecule has 0 bridgehead atoms. The van der Waals surface area contributed by atoms with Gasteiger partial charge in [-0.05, 0) is 10.4 Å². The summed E-state index contributed by atoms with van der Waals surface area (Å²) >= 11 is 0. The summed E-state index contributed by atoms with van der Waals surface area (Å²) in [5.41, 5.74) is 0. The molecule has 0 aromatic heterocycles. The molecule has 7 heteroatoms. The van der Waals surface area contributed by atoms with Crippen molar-refractivity contribution in [3.8, 4) is 0 Å².